The van der Waals surface area contributed by atoms with Crippen molar-refractivity contribution in [3.05, 3.63) is 54.7 Å². The van der Waals surface area contributed by atoms with Crippen molar-refractivity contribution in [3.8, 4) is 0 Å². The summed E-state index contributed by atoms with van der Waals surface area (Å²) < 4.78 is 0.989. The summed E-state index contributed by atoms with van der Waals surface area (Å²) in [5, 5.41) is 11.2. The first-order chi connectivity index (χ1) is 11.8. The predicted octanol–water partition coefficient (Wildman–Crippen LogP) is 3.27. The van der Waals surface area contributed by atoms with Crippen LogP contribution in [0.3, 0.4) is 0 Å². The summed E-state index contributed by atoms with van der Waals surface area (Å²) in [5.41, 5.74) is 4.96. The van der Waals surface area contributed by atoms with Gasteiger partial charge < -0.3 is 10.6 Å². The molecule has 0 aliphatic heterocycles. The third kappa shape index (κ3) is 5.28. The Kier molecular flexibility index (Phi) is 6.57. The van der Waals surface area contributed by atoms with Crippen LogP contribution >= 0.6 is 39.0 Å². The average molecular weight is 444 g/mol. The van der Waals surface area contributed by atoms with Gasteiger partial charge in [-0.2, -0.15) is 0 Å². The van der Waals surface area contributed by atoms with Gasteiger partial charge in [0.05, 0.1) is 25.9 Å². The van der Waals surface area contributed by atoms with Crippen molar-refractivity contribution in [1.82, 2.24) is 4.90 Å². The summed E-state index contributed by atoms with van der Waals surface area (Å²) in [6.45, 7) is 0.471. The van der Waals surface area contributed by atoms with Gasteiger partial charge in [-0.25, -0.2) is 0 Å². The van der Waals surface area contributed by atoms with Gasteiger partial charge in [0.2, 0.25) is 11.8 Å². The molecule has 0 atom stereocenters. The summed E-state index contributed by atoms with van der Waals surface area (Å²) >= 11 is 5.97. The maximum Gasteiger partial charge on any atom is 0.283 e. The number of carbonyl (C=O) groups is 2. The molecule has 0 bridgehead atoms. The van der Waals surface area contributed by atoms with Crippen molar-refractivity contribution in [2.24, 2.45) is 5.73 Å². The van der Waals surface area contributed by atoms with Gasteiger partial charge >= 0.3 is 0 Å². The quantitative estimate of drug-likeness (QED) is 0.401. The van der Waals surface area contributed by atoms with Gasteiger partial charge in [-0.3, -0.25) is 19.7 Å². The van der Waals surface area contributed by atoms with Gasteiger partial charge in [-0.05, 0) is 40.2 Å². The molecule has 0 radical (unpaired) electrons. The molecule has 1 aromatic heterocycles. The fraction of sp³-hybridized carbons (Fsp3) is 0.200. The van der Waals surface area contributed by atoms with E-state index < -0.39 is 10.8 Å². The number of amides is 2. The monoisotopic (exact) mass is 443 g/mol. The highest BCUT2D eigenvalue weighted by Crippen LogP contribution is 2.30. The van der Waals surface area contributed by atoms with E-state index in [1.54, 1.807) is 23.3 Å². The molecule has 1 aromatic carbocycles. The molecule has 0 saturated heterocycles. The number of rotatable bonds is 7. The third-order valence-electron chi connectivity index (χ3n) is 3.24. The van der Waals surface area contributed by atoms with E-state index in [2.05, 4.69) is 15.9 Å². The molecular weight excluding hydrogens is 430 g/mol. The van der Waals surface area contributed by atoms with Crippen molar-refractivity contribution in [1.29, 1.82) is 0 Å². The molecule has 1 heterocycles. The van der Waals surface area contributed by atoms with E-state index in [1.165, 1.54) is 12.1 Å². The van der Waals surface area contributed by atoms with E-state index in [1.807, 2.05) is 12.1 Å². The highest BCUT2D eigenvalue weighted by Gasteiger charge is 2.19. The lowest BCUT2D eigenvalue weighted by atomic mass is 10.2. The lowest BCUT2D eigenvalue weighted by Gasteiger charge is -2.16. The van der Waals surface area contributed by atoms with E-state index in [0.717, 1.165) is 26.5 Å². The number of nitrogens with zero attached hydrogens (tertiary/aromatic N) is 2. The smallest absolute Gasteiger partial charge is 0.283 e. The van der Waals surface area contributed by atoms with Gasteiger partial charge in [-0.1, -0.05) is 0 Å². The summed E-state index contributed by atoms with van der Waals surface area (Å²) in [5.74, 6) is -0.833. The van der Waals surface area contributed by atoms with E-state index in [0.29, 0.717) is 11.4 Å². The Balaban J connectivity index is 2.03. The largest absolute Gasteiger partial charge is 0.366 e. The number of nitro groups is 1. The number of carbonyl (C=O) groups excluding carboxylic acids is 2. The molecule has 132 valence electrons. The zero-order chi connectivity index (χ0) is 18.6. The molecule has 0 aliphatic carbocycles. The SMILES string of the molecule is CN(Cc1ccc(Br)s1)C(=O)CSc1ccc(C(N)=O)cc1[N+](=O)[O-]. The molecule has 2 rings (SSSR count). The second kappa shape index (κ2) is 8.45. The number of benzene rings is 1. The number of hydrogen-bond donors (Lipinski definition) is 1. The van der Waals surface area contributed by atoms with Gasteiger partial charge in [-0.15, -0.1) is 23.1 Å². The Hall–Kier alpha value is -1.91. The lowest BCUT2D eigenvalue weighted by molar-refractivity contribution is -0.387. The zero-order valence-corrected chi connectivity index (χ0v) is 16.3. The summed E-state index contributed by atoms with van der Waals surface area (Å²) in [4.78, 5) is 36.9. The predicted molar refractivity (Wildman–Crippen MR) is 101 cm³/mol. The summed E-state index contributed by atoms with van der Waals surface area (Å²) in [6.07, 6.45) is 0. The molecule has 0 unspecified atom stereocenters. The van der Waals surface area contributed by atoms with Crippen molar-refractivity contribution >= 4 is 56.5 Å². The minimum Gasteiger partial charge on any atom is -0.366 e. The minimum atomic E-state index is -0.738. The van der Waals surface area contributed by atoms with E-state index in [4.69, 9.17) is 5.73 Å². The van der Waals surface area contributed by atoms with Crippen molar-refractivity contribution in [2.45, 2.75) is 11.4 Å². The maximum atomic E-state index is 12.2. The number of primary amides is 1. The molecule has 0 aliphatic rings. The number of nitro benzene ring substituents is 1. The molecule has 10 heteroatoms. The highest BCUT2D eigenvalue weighted by atomic mass is 79.9. The first-order valence-corrected chi connectivity index (χ1v) is 9.56. The zero-order valence-electron chi connectivity index (χ0n) is 13.1. The van der Waals surface area contributed by atoms with Crippen LogP contribution in [0.5, 0.6) is 0 Å². The van der Waals surface area contributed by atoms with Crippen LogP contribution in [0.2, 0.25) is 0 Å². The van der Waals surface area contributed by atoms with Crippen LogP contribution in [0.25, 0.3) is 0 Å². The van der Waals surface area contributed by atoms with Gasteiger partial charge in [0.25, 0.3) is 5.69 Å². The Labute approximate surface area is 160 Å². The topological polar surface area (TPSA) is 107 Å². The number of nitrogens with two attached hydrogens (primary N) is 1. The minimum absolute atomic E-state index is 0.0554. The average Bonchev–Trinajstić information content (AvgIpc) is 2.96. The number of halogens is 1. The Morgan fingerprint density at radius 2 is 2.08 bits per heavy atom. The van der Waals surface area contributed by atoms with E-state index >= 15 is 0 Å². The molecule has 0 saturated carbocycles. The fourth-order valence-corrected chi connectivity index (χ4v) is 4.43. The van der Waals surface area contributed by atoms with Crippen LogP contribution in [-0.2, 0) is 11.3 Å². The van der Waals surface area contributed by atoms with Crippen LogP contribution in [0, 0.1) is 10.1 Å². The number of thiophene rings is 1. The van der Waals surface area contributed by atoms with E-state index in [-0.39, 0.29) is 22.9 Å². The fourth-order valence-electron chi connectivity index (χ4n) is 1.94. The van der Waals surface area contributed by atoms with Crippen molar-refractivity contribution in [3.63, 3.8) is 0 Å². The van der Waals surface area contributed by atoms with Crippen molar-refractivity contribution in [2.75, 3.05) is 12.8 Å². The van der Waals surface area contributed by atoms with Crippen LogP contribution in [0.1, 0.15) is 15.2 Å². The number of hydrogen-bond acceptors (Lipinski definition) is 6. The normalized spacial score (nSPS) is 10.5. The van der Waals surface area contributed by atoms with Crippen LogP contribution in [0.4, 0.5) is 5.69 Å². The van der Waals surface area contributed by atoms with Crippen LogP contribution in [0.15, 0.2) is 39.0 Å². The second-order valence-corrected chi connectivity index (χ2v) is 8.61. The summed E-state index contributed by atoms with van der Waals surface area (Å²) in [7, 11) is 1.68. The molecule has 7 nitrogen and oxygen atoms in total. The summed E-state index contributed by atoms with van der Waals surface area (Å²) in [6, 6.07) is 7.82. The van der Waals surface area contributed by atoms with E-state index in [9.17, 15) is 19.7 Å². The van der Waals surface area contributed by atoms with Gasteiger partial charge in [0.15, 0.2) is 0 Å². The Morgan fingerprint density at radius 3 is 2.64 bits per heavy atom. The molecule has 25 heavy (non-hydrogen) atoms. The van der Waals surface area contributed by atoms with Gasteiger partial charge in [0.1, 0.15) is 0 Å². The maximum absolute atomic E-state index is 12.2. The Morgan fingerprint density at radius 1 is 1.36 bits per heavy atom. The standard InChI is InChI=1S/C15H14BrN3O4S2/c1-18(7-10-3-5-13(16)25-10)14(20)8-24-12-4-2-9(15(17)21)6-11(12)19(22)23/h2-6H,7-8H2,1H3,(H2,17,21). The van der Waals surface area contributed by atoms with Gasteiger partial charge in [0, 0.05) is 23.6 Å². The molecule has 2 aromatic rings. The molecule has 0 spiro atoms. The third-order valence-corrected chi connectivity index (χ3v) is 5.89. The second-order valence-electron chi connectivity index (χ2n) is 5.05. The molecule has 2 amide bonds. The molecule has 0 fully saturated rings. The first kappa shape index (κ1) is 19.4. The highest BCUT2D eigenvalue weighted by molar-refractivity contribution is 9.11. The molecule has 2 N–H and O–H groups in total. The molecular formula is C15H14BrN3O4S2. The van der Waals surface area contributed by atoms with Crippen LogP contribution < -0.4 is 5.73 Å². The number of thioether (sulfide) groups is 1. The lowest BCUT2D eigenvalue weighted by Crippen LogP contribution is -2.27. The Bertz CT molecular complexity index is 825. The first-order valence-electron chi connectivity index (χ1n) is 6.97. The van der Waals surface area contributed by atoms with Crippen LogP contribution in [-0.4, -0.2) is 34.4 Å². The van der Waals surface area contributed by atoms with Crippen molar-refractivity contribution < 1.29 is 14.5 Å².